The molecule has 8 heteroatoms. The summed E-state index contributed by atoms with van der Waals surface area (Å²) < 4.78 is 23.0. The topological polar surface area (TPSA) is 64.6 Å². The molecule has 31 heavy (non-hydrogen) atoms. The Labute approximate surface area is 203 Å². The van der Waals surface area contributed by atoms with E-state index in [1.165, 1.54) is 12.8 Å². The van der Waals surface area contributed by atoms with Crippen molar-refractivity contribution in [2.75, 3.05) is 47.1 Å². The smallest absolute Gasteiger partial charge is 0.193 e. The third-order valence-electron chi connectivity index (χ3n) is 5.72. The number of ether oxygens (including phenoxy) is 4. The summed E-state index contributed by atoms with van der Waals surface area (Å²) in [5.74, 6) is 2.46. The summed E-state index contributed by atoms with van der Waals surface area (Å²) in [5.41, 5.74) is 1.13. The summed E-state index contributed by atoms with van der Waals surface area (Å²) in [6.07, 6.45) is 6.22. The van der Waals surface area contributed by atoms with Gasteiger partial charge in [0.25, 0.3) is 0 Å². The molecule has 1 unspecified atom stereocenters. The number of hydrogen-bond acceptors (Lipinski definition) is 5. The average Bonchev–Trinajstić information content (AvgIpc) is 2.80. The van der Waals surface area contributed by atoms with E-state index in [4.69, 9.17) is 18.9 Å². The number of halogens is 1. The Morgan fingerprint density at radius 2 is 2.00 bits per heavy atom. The van der Waals surface area contributed by atoms with Gasteiger partial charge >= 0.3 is 0 Å². The highest BCUT2D eigenvalue weighted by molar-refractivity contribution is 14.0. The molecule has 0 amide bonds. The highest BCUT2D eigenvalue weighted by atomic mass is 127. The molecule has 2 saturated heterocycles. The number of aliphatic imine (C=N–C) groups is 1. The first-order chi connectivity index (χ1) is 14.7. The van der Waals surface area contributed by atoms with Crippen LogP contribution in [0.15, 0.2) is 23.2 Å². The lowest BCUT2D eigenvalue weighted by atomic mass is 10.1. The number of nitrogens with zero attached hydrogens (tertiary/aromatic N) is 2. The van der Waals surface area contributed by atoms with Gasteiger partial charge in [-0.25, -0.2) is 0 Å². The van der Waals surface area contributed by atoms with Crippen molar-refractivity contribution in [3.05, 3.63) is 23.8 Å². The van der Waals surface area contributed by atoms with Crippen molar-refractivity contribution in [2.24, 2.45) is 4.99 Å². The number of nitrogens with one attached hydrogen (secondary N) is 1. The molecular formula is C23H38IN3O4. The first kappa shape index (κ1) is 26.0. The average molecular weight is 547 g/mol. The zero-order valence-corrected chi connectivity index (χ0v) is 21.4. The lowest BCUT2D eigenvalue weighted by Crippen LogP contribution is -2.47. The summed E-state index contributed by atoms with van der Waals surface area (Å²) in [7, 11) is 3.50. The van der Waals surface area contributed by atoms with Crippen LogP contribution in [0.4, 0.5) is 0 Å². The van der Waals surface area contributed by atoms with E-state index in [9.17, 15) is 0 Å². The van der Waals surface area contributed by atoms with E-state index in [1.807, 2.05) is 26.1 Å². The van der Waals surface area contributed by atoms with Gasteiger partial charge in [0.1, 0.15) is 0 Å². The van der Waals surface area contributed by atoms with Crippen LogP contribution < -0.4 is 14.8 Å². The maximum atomic E-state index is 6.13. The van der Waals surface area contributed by atoms with E-state index in [-0.39, 0.29) is 30.1 Å². The van der Waals surface area contributed by atoms with Crippen LogP contribution in [-0.4, -0.2) is 70.1 Å². The van der Waals surface area contributed by atoms with Gasteiger partial charge in [-0.2, -0.15) is 0 Å². The molecule has 0 aliphatic carbocycles. The number of guanidine groups is 1. The molecule has 176 valence electrons. The minimum absolute atomic E-state index is 0. The van der Waals surface area contributed by atoms with Gasteiger partial charge in [-0.3, -0.25) is 4.99 Å². The fourth-order valence-electron chi connectivity index (χ4n) is 4.03. The van der Waals surface area contributed by atoms with E-state index in [0.29, 0.717) is 19.3 Å². The van der Waals surface area contributed by atoms with Crippen molar-refractivity contribution in [1.82, 2.24) is 10.2 Å². The summed E-state index contributed by atoms with van der Waals surface area (Å²) in [5, 5.41) is 3.48. The predicted molar refractivity (Wildman–Crippen MR) is 134 cm³/mol. The monoisotopic (exact) mass is 547 g/mol. The van der Waals surface area contributed by atoms with Gasteiger partial charge in [0.15, 0.2) is 17.5 Å². The van der Waals surface area contributed by atoms with Gasteiger partial charge in [0.2, 0.25) is 0 Å². The Kier molecular flexibility index (Phi) is 11.7. The molecule has 0 spiro atoms. The first-order valence-electron chi connectivity index (χ1n) is 11.2. The molecule has 2 aliphatic heterocycles. The number of piperidine rings is 1. The Morgan fingerprint density at radius 3 is 2.65 bits per heavy atom. The van der Waals surface area contributed by atoms with E-state index >= 15 is 0 Å². The number of methoxy groups -OCH3 is 1. The third-order valence-corrected chi connectivity index (χ3v) is 5.72. The van der Waals surface area contributed by atoms with Gasteiger partial charge in [-0.1, -0.05) is 6.07 Å². The highest BCUT2D eigenvalue weighted by Gasteiger charge is 2.23. The molecule has 0 aromatic heterocycles. The minimum Gasteiger partial charge on any atom is -0.493 e. The van der Waals surface area contributed by atoms with Gasteiger partial charge in [-0.05, 0) is 56.7 Å². The van der Waals surface area contributed by atoms with Crippen molar-refractivity contribution in [3.63, 3.8) is 0 Å². The van der Waals surface area contributed by atoms with Crippen LogP contribution >= 0.6 is 24.0 Å². The number of benzene rings is 1. The number of likely N-dealkylation sites (tertiary alicyclic amines) is 1. The third kappa shape index (κ3) is 7.98. The van der Waals surface area contributed by atoms with Crippen LogP contribution in [0, 0.1) is 0 Å². The molecule has 0 radical (unpaired) electrons. The molecule has 1 aromatic carbocycles. The van der Waals surface area contributed by atoms with Crippen LogP contribution in [0.25, 0.3) is 0 Å². The van der Waals surface area contributed by atoms with Crippen molar-refractivity contribution in [2.45, 2.75) is 57.8 Å². The van der Waals surface area contributed by atoms with Crippen molar-refractivity contribution < 1.29 is 18.9 Å². The Balaban J connectivity index is 0.00000341. The number of hydrogen-bond donors (Lipinski definition) is 1. The largest absolute Gasteiger partial charge is 0.493 e. The van der Waals surface area contributed by atoms with Crippen LogP contribution in [0.2, 0.25) is 0 Å². The quantitative estimate of drug-likeness (QED) is 0.303. The number of rotatable bonds is 8. The predicted octanol–water partition coefficient (Wildman–Crippen LogP) is 3.84. The molecule has 1 atom stereocenters. The normalized spacial score (nSPS) is 20.2. The molecule has 7 nitrogen and oxygen atoms in total. The molecular weight excluding hydrogens is 509 g/mol. The fraction of sp³-hybridized carbons (Fsp3) is 0.696. The van der Waals surface area contributed by atoms with Crippen molar-refractivity contribution in [3.8, 4) is 11.5 Å². The summed E-state index contributed by atoms with van der Waals surface area (Å²) in [6, 6.07) is 6.02. The molecule has 0 saturated carbocycles. The molecule has 1 aromatic rings. The van der Waals surface area contributed by atoms with E-state index in [0.717, 1.165) is 68.6 Å². The molecule has 1 N–H and O–H groups in total. The van der Waals surface area contributed by atoms with Crippen LogP contribution in [0.5, 0.6) is 11.5 Å². The Bertz CT molecular complexity index is 675. The second-order valence-electron chi connectivity index (χ2n) is 7.83. The zero-order valence-electron chi connectivity index (χ0n) is 19.1. The maximum Gasteiger partial charge on any atom is 0.193 e. The van der Waals surface area contributed by atoms with E-state index in [2.05, 4.69) is 21.3 Å². The Hall–Kier alpha value is -1.26. The van der Waals surface area contributed by atoms with Gasteiger partial charge in [-0.15, -0.1) is 24.0 Å². The lowest BCUT2D eigenvalue weighted by Gasteiger charge is -2.35. The molecule has 0 bridgehead atoms. The zero-order chi connectivity index (χ0) is 21.2. The van der Waals surface area contributed by atoms with Crippen LogP contribution in [-0.2, 0) is 16.0 Å². The Morgan fingerprint density at radius 1 is 1.19 bits per heavy atom. The summed E-state index contributed by atoms with van der Waals surface area (Å²) >= 11 is 0. The fourth-order valence-corrected chi connectivity index (χ4v) is 4.03. The maximum absolute atomic E-state index is 6.13. The molecule has 3 rings (SSSR count). The van der Waals surface area contributed by atoms with Crippen molar-refractivity contribution in [1.29, 1.82) is 0 Å². The van der Waals surface area contributed by atoms with Gasteiger partial charge in [0, 0.05) is 33.3 Å². The van der Waals surface area contributed by atoms with Gasteiger partial charge in [0.05, 0.1) is 32.5 Å². The second kappa shape index (κ2) is 14.0. The molecule has 2 heterocycles. The SMILES string of the molecule is CCOc1cc(CNC(=NC)N2CCC(OCC3CCCCO3)CC2)ccc1OC.I. The minimum atomic E-state index is 0. The van der Waals surface area contributed by atoms with Gasteiger partial charge < -0.3 is 29.2 Å². The van der Waals surface area contributed by atoms with E-state index in [1.54, 1.807) is 7.11 Å². The lowest BCUT2D eigenvalue weighted by molar-refractivity contribution is -0.0721. The van der Waals surface area contributed by atoms with Crippen LogP contribution in [0.3, 0.4) is 0 Å². The van der Waals surface area contributed by atoms with E-state index < -0.39 is 0 Å². The standard InChI is InChI=1S/C23H37N3O4.HI/c1-4-28-22-15-18(8-9-21(22)27-3)16-25-23(24-2)26-12-10-19(11-13-26)30-17-20-7-5-6-14-29-20;/h8-9,15,19-20H,4-7,10-14,16-17H2,1-3H3,(H,24,25);1H. The summed E-state index contributed by atoms with van der Waals surface area (Å²) in [6.45, 7) is 6.78. The second-order valence-corrected chi connectivity index (χ2v) is 7.83. The molecule has 2 aliphatic rings. The summed E-state index contributed by atoms with van der Waals surface area (Å²) in [4.78, 5) is 6.79. The van der Waals surface area contributed by atoms with Crippen molar-refractivity contribution >= 4 is 29.9 Å². The first-order valence-corrected chi connectivity index (χ1v) is 11.2. The highest BCUT2D eigenvalue weighted by Crippen LogP contribution is 2.28. The molecule has 2 fully saturated rings. The van der Waals surface area contributed by atoms with Crippen LogP contribution in [0.1, 0.15) is 44.6 Å².